The molecule has 2 N–H and O–H groups in total. The number of rotatable bonds is 0. The van der Waals surface area contributed by atoms with Crippen LogP contribution < -0.4 is 10.6 Å². The number of imide groups is 2. The molecule has 0 bridgehead atoms. The summed E-state index contributed by atoms with van der Waals surface area (Å²) in [7, 11) is 0. The zero-order valence-electron chi connectivity index (χ0n) is 8.86. The molecule has 88 valence electrons. The minimum atomic E-state index is -0.329. The molecule has 0 aromatic heterocycles. The van der Waals surface area contributed by atoms with E-state index in [0.29, 0.717) is 0 Å². The Labute approximate surface area is 97.4 Å². The molecule has 0 saturated carbocycles. The Hall–Kier alpha value is -2.72. The van der Waals surface area contributed by atoms with E-state index in [2.05, 4.69) is 18.9 Å². The molecule has 0 radical (unpaired) electrons. The molecule has 2 rings (SSSR count). The molecule has 2 aliphatic rings. The Bertz CT molecular complexity index is 372. The van der Waals surface area contributed by atoms with E-state index < -0.39 is 0 Å². The lowest BCUT2D eigenvalue weighted by Crippen LogP contribution is -2.19. The molecular formula is C11H10N2O4. The Morgan fingerprint density at radius 3 is 0.941 bits per heavy atom. The average Bonchev–Trinajstić information content (AvgIpc) is 2.78. The van der Waals surface area contributed by atoms with Crippen LogP contribution in [0.5, 0.6) is 0 Å². The van der Waals surface area contributed by atoms with Crippen LogP contribution in [0.4, 0.5) is 0 Å². The van der Waals surface area contributed by atoms with Gasteiger partial charge in [0.2, 0.25) is 0 Å². The zero-order valence-corrected chi connectivity index (χ0v) is 8.86. The molecule has 0 aromatic rings. The van der Waals surface area contributed by atoms with Crippen LogP contribution in [0.3, 0.4) is 0 Å². The normalized spacial score (nSPS) is 15.1. The second-order valence-corrected chi connectivity index (χ2v) is 2.62. The first-order valence-corrected chi connectivity index (χ1v) is 4.34. The highest BCUT2D eigenvalue weighted by Gasteiger charge is 2.07. The number of amides is 4. The molecule has 0 fully saturated rings. The molecule has 0 aromatic carbocycles. The largest absolute Gasteiger partial charge is 0.289 e. The molecule has 0 saturated heterocycles. The van der Waals surface area contributed by atoms with Crippen molar-refractivity contribution in [3.63, 3.8) is 0 Å². The quantitative estimate of drug-likeness (QED) is 0.430. The molecule has 2 aliphatic heterocycles. The van der Waals surface area contributed by atoms with Gasteiger partial charge >= 0.3 is 0 Å². The molecule has 2 heterocycles. The lowest BCUT2D eigenvalue weighted by Gasteiger charge is -1.80. The molecule has 17 heavy (non-hydrogen) atoms. The summed E-state index contributed by atoms with van der Waals surface area (Å²) in [5.41, 5.74) is 2.25. The fourth-order valence-corrected chi connectivity index (χ4v) is 0.712. The highest BCUT2D eigenvalue weighted by atomic mass is 16.2. The topological polar surface area (TPSA) is 92.3 Å². The van der Waals surface area contributed by atoms with E-state index in [9.17, 15) is 19.2 Å². The standard InChI is InChI=1S/2C4H3NO2.C3H4/c2*6-3-1-2-4(7)5-3;1-3-2/h2*1-2H,(H,5,6,7);1-2H2. The van der Waals surface area contributed by atoms with Crippen molar-refractivity contribution in [3.05, 3.63) is 43.2 Å². The third-order valence-electron chi connectivity index (χ3n) is 1.26. The van der Waals surface area contributed by atoms with Gasteiger partial charge in [-0.2, -0.15) is 0 Å². The van der Waals surface area contributed by atoms with Gasteiger partial charge in [-0.15, -0.1) is 5.73 Å². The van der Waals surface area contributed by atoms with Crippen molar-refractivity contribution in [1.29, 1.82) is 0 Å². The van der Waals surface area contributed by atoms with Gasteiger partial charge in [-0.3, -0.25) is 29.8 Å². The van der Waals surface area contributed by atoms with Crippen molar-refractivity contribution in [2.45, 2.75) is 0 Å². The van der Waals surface area contributed by atoms with E-state index in [-0.39, 0.29) is 23.6 Å². The number of hydrogen-bond donors (Lipinski definition) is 2. The van der Waals surface area contributed by atoms with Gasteiger partial charge in [-0.1, -0.05) is 13.2 Å². The number of carbonyl (C=O) groups excluding carboxylic acids is 4. The summed E-state index contributed by atoms with van der Waals surface area (Å²) in [6.07, 6.45) is 4.79. The second-order valence-electron chi connectivity index (χ2n) is 2.62. The van der Waals surface area contributed by atoms with Gasteiger partial charge in [0.15, 0.2) is 0 Å². The average molecular weight is 234 g/mol. The lowest BCUT2D eigenvalue weighted by atomic mass is 10.6. The van der Waals surface area contributed by atoms with Gasteiger partial charge in [0.1, 0.15) is 0 Å². The van der Waals surface area contributed by atoms with Crippen molar-refractivity contribution in [2.24, 2.45) is 0 Å². The SMILES string of the molecule is C=C=C.O=C1C=CC(=O)N1.O=C1C=CC(=O)N1. The molecule has 6 nitrogen and oxygen atoms in total. The van der Waals surface area contributed by atoms with E-state index in [0.717, 1.165) is 0 Å². The first-order valence-electron chi connectivity index (χ1n) is 4.34. The fourth-order valence-electron chi connectivity index (χ4n) is 0.712. The second kappa shape index (κ2) is 7.56. The van der Waals surface area contributed by atoms with Crippen LogP contribution in [-0.2, 0) is 19.2 Å². The van der Waals surface area contributed by atoms with Gasteiger partial charge in [-0.25, -0.2) is 0 Å². The maximum Gasteiger partial charge on any atom is 0.250 e. The number of nitrogens with one attached hydrogen (secondary N) is 2. The molecule has 6 heteroatoms. The molecule has 0 spiro atoms. The lowest BCUT2D eigenvalue weighted by molar-refractivity contribution is -0.125. The summed E-state index contributed by atoms with van der Waals surface area (Å²) in [5, 5.41) is 4.06. The summed E-state index contributed by atoms with van der Waals surface area (Å²) in [6, 6.07) is 0. The Morgan fingerprint density at radius 1 is 0.706 bits per heavy atom. The van der Waals surface area contributed by atoms with Crippen LogP contribution in [0.15, 0.2) is 43.2 Å². The maximum absolute atomic E-state index is 10.0. The van der Waals surface area contributed by atoms with E-state index in [1.54, 1.807) is 0 Å². The smallest absolute Gasteiger partial charge is 0.250 e. The minimum absolute atomic E-state index is 0.329. The summed E-state index contributed by atoms with van der Waals surface area (Å²) in [6.45, 7) is 6.25. The van der Waals surface area contributed by atoms with Gasteiger partial charge in [-0.05, 0) is 0 Å². The van der Waals surface area contributed by atoms with Crippen molar-refractivity contribution >= 4 is 23.6 Å². The number of hydrogen-bond acceptors (Lipinski definition) is 4. The first-order chi connectivity index (χ1) is 7.99. The van der Waals surface area contributed by atoms with Crippen LogP contribution in [-0.4, -0.2) is 23.6 Å². The minimum Gasteiger partial charge on any atom is -0.289 e. The zero-order chi connectivity index (χ0) is 13.3. The summed E-state index contributed by atoms with van der Waals surface area (Å²) >= 11 is 0. The molecule has 0 unspecified atom stereocenters. The van der Waals surface area contributed by atoms with Crippen LogP contribution in [0, 0.1) is 0 Å². The van der Waals surface area contributed by atoms with Crippen molar-refractivity contribution in [3.8, 4) is 0 Å². The van der Waals surface area contributed by atoms with Crippen LogP contribution in [0.25, 0.3) is 0 Å². The summed E-state index contributed by atoms with van der Waals surface area (Å²) in [5.74, 6) is -1.31. The molecule has 4 amide bonds. The third-order valence-corrected chi connectivity index (χ3v) is 1.26. The molecule has 0 aliphatic carbocycles. The highest BCUT2D eigenvalue weighted by Crippen LogP contribution is 1.83. The number of carbonyl (C=O) groups is 4. The van der Waals surface area contributed by atoms with Gasteiger partial charge in [0.05, 0.1) is 0 Å². The van der Waals surface area contributed by atoms with E-state index >= 15 is 0 Å². The third kappa shape index (κ3) is 7.24. The monoisotopic (exact) mass is 234 g/mol. The maximum atomic E-state index is 10.0. The Kier molecular flexibility index (Phi) is 6.35. The van der Waals surface area contributed by atoms with E-state index in [1.165, 1.54) is 24.3 Å². The van der Waals surface area contributed by atoms with Crippen molar-refractivity contribution in [1.82, 2.24) is 10.6 Å². The van der Waals surface area contributed by atoms with E-state index in [1.807, 2.05) is 10.6 Å². The Balaban J connectivity index is 0.000000247. The van der Waals surface area contributed by atoms with Gasteiger partial charge < -0.3 is 0 Å². The predicted molar refractivity (Wildman–Crippen MR) is 59.3 cm³/mol. The van der Waals surface area contributed by atoms with Gasteiger partial charge in [0.25, 0.3) is 23.6 Å². The van der Waals surface area contributed by atoms with Crippen molar-refractivity contribution in [2.75, 3.05) is 0 Å². The van der Waals surface area contributed by atoms with Crippen LogP contribution in [0.1, 0.15) is 0 Å². The van der Waals surface area contributed by atoms with Gasteiger partial charge in [0, 0.05) is 24.3 Å². The summed E-state index contributed by atoms with van der Waals surface area (Å²) in [4.78, 5) is 40.1. The summed E-state index contributed by atoms with van der Waals surface area (Å²) < 4.78 is 0. The Morgan fingerprint density at radius 2 is 0.882 bits per heavy atom. The van der Waals surface area contributed by atoms with Crippen LogP contribution in [0.2, 0.25) is 0 Å². The molecular weight excluding hydrogens is 224 g/mol. The predicted octanol–water partition coefficient (Wildman–Crippen LogP) is -0.645. The highest BCUT2D eigenvalue weighted by molar-refractivity contribution is 6.13. The van der Waals surface area contributed by atoms with Crippen LogP contribution >= 0.6 is 0 Å². The fraction of sp³-hybridized carbons (Fsp3) is 0. The molecule has 0 atom stereocenters. The van der Waals surface area contributed by atoms with Crippen molar-refractivity contribution < 1.29 is 19.2 Å². The first kappa shape index (κ1) is 14.3. The van der Waals surface area contributed by atoms with E-state index in [4.69, 9.17) is 0 Å².